The predicted molar refractivity (Wildman–Crippen MR) is 187 cm³/mol. The van der Waals surface area contributed by atoms with Crippen LogP contribution in [0.4, 0.5) is 5.69 Å². The van der Waals surface area contributed by atoms with Gasteiger partial charge in [0.2, 0.25) is 11.8 Å². The number of nitrogens with one attached hydrogen (secondary N) is 1. The highest BCUT2D eigenvalue weighted by Gasteiger charge is 2.36. The Balaban J connectivity index is 1.87. The van der Waals surface area contributed by atoms with Crippen molar-refractivity contribution in [3.63, 3.8) is 0 Å². The van der Waals surface area contributed by atoms with E-state index in [2.05, 4.69) is 5.32 Å². The smallest absolute Gasteiger partial charge is 0.264 e. The van der Waals surface area contributed by atoms with Crippen molar-refractivity contribution >= 4 is 27.5 Å². The number of amides is 2. The molecule has 0 saturated carbocycles. The minimum Gasteiger partial charge on any atom is -0.495 e. The molecule has 8 nitrogen and oxygen atoms in total. The Morgan fingerprint density at radius 2 is 1.49 bits per heavy atom. The maximum absolute atomic E-state index is 14.7. The summed E-state index contributed by atoms with van der Waals surface area (Å²) in [4.78, 5) is 30.3. The predicted octanol–water partition coefficient (Wildman–Crippen LogP) is 6.37. The minimum absolute atomic E-state index is 0.0419. The SMILES string of the molecule is CCC(C)NC(=O)C(Cc1ccccc1)N(Cc1ccccc1C)C(=O)CN(c1cc(C)ccc1OC)S(=O)(=O)c1ccc(C)cc1. The Kier molecular flexibility index (Phi) is 11.8. The monoisotopic (exact) mass is 655 g/mol. The molecule has 0 aromatic heterocycles. The van der Waals surface area contributed by atoms with Crippen molar-refractivity contribution < 1.29 is 22.7 Å². The largest absolute Gasteiger partial charge is 0.495 e. The van der Waals surface area contributed by atoms with Crippen LogP contribution in [0.25, 0.3) is 0 Å². The summed E-state index contributed by atoms with van der Waals surface area (Å²) >= 11 is 0. The summed E-state index contributed by atoms with van der Waals surface area (Å²) in [6, 6.07) is 27.9. The van der Waals surface area contributed by atoms with E-state index in [0.29, 0.717) is 12.2 Å². The number of nitrogens with zero attached hydrogens (tertiary/aromatic N) is 2. The molecule has 0 fully saturated rings. The number of ether oxygens (including phenoxy) is 1. The Morgan fingerprint density at radius 3 is 2.13 bits per heavy atom. The van der Waals surface area contributed by atoms with E-state index in [4.69, 9.17) is 4.74 Å². The molecule has 0 aliphatic carbocycles. The topological polar surface area (TPSA) is 96.0 Å². The van der Waals surface area contributed by atoms with E-state index in [1.807, 2.05) is 95.3 Å². The molecule has 0 aliphatic heterocycles. The van der Waals surface area contributed by atoms with Gasteiger partial charge in [-0.2, -0.15) is 0 Å². The van der Waals surface area contributed by atoms with Gasteiger partial charge in [-0.15, -0.1) is 0 Å². The van der Waals surface area contributed by atoms with Gasteiger partial charge >= 0.3 is 0 Å². The van der Waals surface area contributed by atoms with E-state index in [1.165, 1.54) is 24.1 Å². The lowest BCUT2D eigenvalue weighted by Crippen LogP contribution is -2.54. The normalized spacial score (nSPS) is 12.6. The fraction of sp³-hybridized carbons (Fsp3) is 0.316. The molecule has 0 radical (unpaired) electrons. The van der Waals surface area contributed by atoms with E-state index in [0.717, 1.165) is 32.1 Å². The van der Waals surface area contributed by atoms with Crippen LogP contribution >= 0.6 is 0 Å². The summed E-state index contributed by atoms with van der Waals surface area (Å²) in [5.74, 6) is -0.515. The zero-order chi connectivity index (χ0) is 34.1. The van der Waals surface area contributed by atoms with Crippen molar-refractivity contribution in [1.29, 1.82) is 0 Å². The molecule has 2 amide bonds. The lowest BCUT2D eigenvalue weighted by molar-refractivity contribution is -0.140. The summed E-state index contributed by atoms with van der Waals surface area (Å²) in [6.07, 6.45) is 0.963. The molecular formula is C38H45N3O5S. The van der Waals surface area contributed by atoms with Crippen LogP contribution in [-0.2, 0) is 32.6 Å². The van der Waals surface area contributed by atoms with Crippen LogP contribution in [0.3, 0.4) is 0 Å². The summed E-state index contributed by atoms with van der Waals surface area (Å²) in [5, 5.41) is 3.07. The number of sulfonamides is 1. The van der Waals surface area contributed by atoms with Crippen LogP contribution in [0.15, 0.2) is 102 Å². The van der Waals surface area contributed by atoms with E-state index in [9.17, 15) is 18.0 Å². The number of hydrogen-bond donors (Lipinski definition) is 1. The average molecular weight is 656 g/mol. The third-order valence-corrected chi connectivity index (χ3v) is 10.1. The highest BCUT2D eigenvalue weighted by Crippen LogP contribution is 2.34. The van der Waals surface area contributed by atoms with Gasteiger partial charge in [0.25, 0.3) is 10.0 Å². The van der Waals surface area contributed by atoms with Gasteiger partial charge in [-0.3, -0.25) is 13.9 Å². The Hall–Kier alpha value is -4.63. The average Bonchev–Trinajstić information content (AvgIpc) is 3.06. The molecule has 248 valence electrons. The number of rotatable bonds is 14. The van der Waals surface area contributed by atoms with Crippen LogP contribution in [0.2, 0.25) is 0 Å². The van der Waals surface area contributed by atoms with Gasteiger partial charge in [0.1, 0.15) is 18.3 Å². The van der Waals surface area contributed by atoms with Crippen molar-refractivity contribution in [3.8, 4) is 5.75 Å². The number of aryl methyl sites for hydroxylation is 3. The van der Waals surface area contributed by atoms with Crippen molar-refractivity contribution in [2.75, 3.05) is 18.0 Å². The van der Waals surface area contributed by atoms with Gasteiger partial charge in [-0.1, -0.05) is 85.3 Å². The lowest BCUT2D eigenvalue weighted by atomic mass is 10.0. The number of carbonyl (C=O) groups excluding carboxylic acids is 2. The first-order valence-corrected chi connectivity index (χ1v) is 17.3. The summed E-state index contributed by atoms with van der Waals surface area (Å²) < 4.78 is 35.5. The zero-order valence-corrected chi connectivity index (χ0v) is 28.9. The van der Waals surface area contributed by atoms with Gasteiger partial charge in [-0.05, 0) is 80.6 Å². The number of hydrogen-bond acceptors (Lipinski definition) is 5. The number of anilines is 1. The molecule has 9 heteroatoms. The van der Waals surface area contributed by atoms with E-state index in [-0.39, 0.29) is 35.5 Å². The van der Waals surface area contributed by atoms with Crippen molar-refractivity contribution in [2.45, 2.75) is 71.0 Å². The summed E-state index contributed by atoms with van der Waals surface area (Å²) in [7, 11) is -2.79. The van der Waals surface area contributed by atoms with Gasteiger partial charge in [0.05, 0.1) is 17.7 Å². The second kappa shape index (κ2) is 15.8. The van der Waals surface area contributed by atoms with Gasteiger partial charge < -0.3 is 15.0 Å². The molecule has 0 bridgehead atoms. The molecule has 0 spiro atoms. The van der Waals surface area contributed by atoms with Crippen molar-refractivity contribution in [2.24, 2.45) is 0 Å². The summed E-state index contributed by atoms with van der Waals surface area (Å²) in [6.45, 7) is 9.14. The third kappa shape index (κ3) is 8.80. The molecule has 4 rings (SSSR count). The zero-order valence-electron chi connectivity index (χ0n) is 28.1. The van der Waals surface area contributed by atoms with Crippen molar-refractivity contribution in [3.05, 3.63) is 125 Å². The van der Waals surface area contributed by atoms with E-state index in [1.54, 1.807) is 24.3 Å². The molecule has 47 heavy (non-hydrogen) atoms. The van der Waals surface area contributed by atoms with Crippen molar-refractivity contribution in [1.82, 2.24) is 10.2 Å². The lowest BCUT2D eigenvalue weighted by Gasteiger charge is -2.35. The first kappa shape index (κ1) is 35.2. The first-order chi connectivity index (χ1) is 22.4. The highest BCUT2D eigenvalue weighted by molar-refractivity contribution is 7.92. The van der Waals surface area contributed by atoms with Crippen LogP contribution in [0.1, 0.15) is 48.1 Å². The maximum atomic E-state index is 14.7. The van der Waals surface area contributed by atoms with E-state index >= 15 is 0 Å². The molecular weight excluding hydrogens is 611 g/mol. The van der Waals surface area contributed by atoms with Crippen LogP contribution in [-0.4, -0.2) is 50.9 Å². The number of methoxy groups -OCH3 is 1. The number of carbonyl (C=O) groups is 2. The van der Waals surface area contributed by atoms with Crippen LogP contribution in [0, 0.1) is 20.8 Å². The van der Waals surface area contributed by atoms with Gasteiger partial charge in [-0.25, -0.2) is 8.42 Å². The van der Waals surface area contributed by atoms with Gasteiger partial charge in [0, 0.05) is 19.0 Å². The first-order valence-electron chi connectivity index (χ1n) is 15.9. The molecule has 0 heterocycles. The second-order valence-corrected chi connectivity index (χ2v) is 13.8. The Morgan fingerprint density at radius 1 is 0.851 bits per heavy atom. The fourth-order valence-electron chi connectivity index (χ4n) is 5.31. The molecule has 2 unspecified atom stereocenters. The summed E-state index contributed by atoms with van der Waals surface area (Å²) in [5.41, 5.74) is 4.63. The molecule has 2 atom stereocenters. The van der Waals surface area contributed by atoms with E-state index < -0.39 is 28.5 Å². The maximum Gasteiger partial charge on any atom is 0.264 e. The third-order valence-electron chi connectivity index (χ3n) is 8.36. The standard InChI is InChI=1S/C38H45N3O5S/c1-7-30(5)39-38(43)35(24-31-14-9-8-10-15-31)40(25-32-16-12-11-13-29(32)4)37(42)26-41(34-23-28(3)19-22-36(34)46-6)47(44,45)33-20-17-27(2)18-21-33/h8-23,30,35H,7,24-26H2,1-6H3,(H,39,43). The molecule has 4 aromatic rings. The van der Waals surface area contributed by atoms with Crippen LogP contribution < -0.4 is 14.4 Å². The van der Waals surface area contributed by atoms with Gasteiger partial charge in [0.15, 0.2) is 0 Å². The highest BCUT2D eigenvalue weighted by atomic mass is 32.2. The van der Waals surface area contributed by atoms with Crippen LogP contribution in [0.5, 0.6) is 5.75 Å². The number of benzene rings is 4. The quantitative estimate of drug-likeness (QED) is 0.170. The Bertz CT molecular complexity index is 1780. The molecule has 0 saturated heterocycles. The Labute approximate surface area is 279 Å². The molecule has 1 N–H and O–H groups in total. The fourth-order valence-corrected chi connectivity index (χ4v) is 6.73. The molecule has 0 aliphatic rings. The molecule has 4 aromatic carbocycles. The minimum atomic E-state index is -4.25. The second-order valence-electron chi connectivity index (χ2n) is 12.0.